The van der Waals surface area contributed by atoms with Crippen LogP contribution in [-0.2, 0) is 4.74 Å². The maximum absolute atomic E-state index is 5.23. The molecule has 1 nitrogen and oxygen atoms in total. The van der Waals surface area contributed by atoms with Crippen LogP contribution in [0.5, 0.6) is 0 Å². The zero-order valence-corrected chi connectivity index (χ0v) is 5.00. The lowest BCUT2D eigenvalue weighted by Gasteiger charge is -2.02. The largest absolute Gasteiger partial charge is 0.370 e. The van der Waals surface area contributed by atoms with Gasteiger partial charge in [-0.2, -0.15) is 0 Å². The molecule has 0 bridgehead atoms. The van der Waals surface area contributed by atoms with Crippen LogP contribution < -0.4 is 0 Å². The normalized spacial score (nSPS) is 18.1. The maximum atomic E-state index is 5.23. The lowest BCUT2D eigenvalue weighted by molar-refractivity contribution is 0.129. The fourth-order valence-electron chi connectivity index (χ4n) is 0.715. The summed E-state index contributed by atoms with van der Waals surface area (Å²) in [5.74, 6) is 0. The molecule has 1 heteroatoms. The summed E-state index contributed by atoms with van der Waals surface area (Å²) in [5, 5.41) is 0. The Morgan fingerprint density at radius 3 is 2.50 bits per heavy atom. The summed E-state index contributed by atoms with van der Waals surface area (Å²) in [5.41, 5.74) is 0. The average Bonchev–Trinajstić information content (AvgIpc) is 2.19. The van der Waals surface area contributed by atoms with Gasteiger partial charge < -0.3 is 4.74 Å². The fraction of sp³-hybridized carbons (Fsp3) is 0.429. The second-order valence-electron chi connectivity index (χ2n) is 1.69. The Balaban J connectivity index is 2.27. The monoisotopic (exact) mass is 110 g/mol. The van der Waals surface area contributed by atoms with Gasteiger partial charge >= 0.3 is 0 Å². The molecule has 1 rings (SSSR count). The Hall–Kier alpha value is -0.560. The van der Waals surface area contributed by atoms with E-state index in [-0.39, 0.29) is 6.10 Å². The molecule has 0 spiro atoms. The highest BCUT2D eigenvalue weighted by atomic mass is 16.5. The molecule has 0 aromatic carbocycles. The lowest BCUT2D eigenvalue weighted by atomic mass is 10.4. The van der Waals surface area contributed by atoms with Gasteiger partial charge in [0, 0.05) is 6.61 Å². The van der Waals surface area contributed by atoms with Crippen molar-refractivity contribution in [2.24, 2.45) is 0 Å². The van der Waals surface area contributed by atoms with Crippen LogP contribution in [0.4, 0.5) is 0 Å². The van der Waals surface area contributed by atoms with Crippen molar-refractivity contribution in [3.05, 3.63) is 24.3 Å². The van der Waals surface area contributed by atoms with Crippen LogP contribution in [0.15, 0.2) is 24.3 Å². The SMILES string of the molecule is CCOC1C=CC=C1. The van der Waals surface area contributed by atoms with Gasteiger partial charge in [0.1, 0.15) is 0 Å². The van der Waals surface area contributed by atoms with E-state index in [1.165, 1.54) is 0 Å². The van der Waals surface area contributed by atoms with Crippen LogP contribution in [0.3, 0.4) is 0 Å². The van der Waals surface area contributed by atoms with E-state index in [4.69, 9.17) is 4.74 Å². The van der Waals surface area contributed by atoms with Crippen molar-refractivity contribution in [3.8, 4) is 0 Å². The van der Waals surface area contributed by atoms with Crippen molar-refractivity contribution in [1.82, 2.24) is 0 Å². The minimum absolute atomic E-state index is 0.250. The molecule has 0 amide bonds. The van der Waals surface area contributed by atoms with Gasteiger partial charge in [-0.3, -0.25) is 0 Å². The molecule has 0 unspecified atom stereocenters. The number of hydrogen-bond donors (Lipinski definition) is 0. The molecule has 8 heavy (non-hydrogen) atoms. The van der Waals surface area contributed by atoms with Crippen LogP contribution in [0, 0.1) is 0 Å². The molecular weight excluding hydrogens is 100 g/mol. The van der Waals surface area contributed by atoms with Gasteiger partial charge in [0.2, 0.25) is 0 Å². The minimum Gasteiger partial charge on any atom is -0.370 e. The van der Waals surface area contributed by atoms with E-state index in [0.717, 1.165) is 6.61 Å². The topological polar surface area (TPSA) is 9.23 Å². The van der Waals surface area contributed by atoms with Crippen LogP contribution >= 0.6 is 0 Å². The first kappa shape index (κ1) is 5.57. The highest BCUT2D eigenvalue weighted by molar-refractivity contribution is 5.18. The first-order chi connectivity index (χ1) is 3.93. The minimum atomic E-state index is 0.250. The van der Waals surface area contributed by atoms with Gasteiger partial charge in [-0.05, 0) is 6.92 Å². The quantitative estimate of drug-likeness (QED) is 0.523. The van der Waals surface area contributed by atoms with Gasteiger partial charge in [0.15, 0.2) is 0 Å². The Morgan fingerprint density at radius 2 is 2.00 bits per heavy atom. The molecule has 0 aliphatic heterocycles. The van der Waals surface area contributed by atoms with E-state index in [1.54, 1.807) is 0 Å². The highest BCUT2D eigenvalue weighted by Gasteiger charge is 1.99. The van der Waals surface area contributed by atoms with Crippen molar-refractivity contribution in [1.29, 1.82) is 0 Å². The molecule has 0 radical (unpaired) electrons. The average molecular weight is 110 g/mol. The Labute approximate surface area is 49.7 Å². The Kier molecular flexibility index (Phi) is 1.86. The molecule has 0 aromatic rings. The van der Waals surface area contributed by atoms with Gasteiger partial charge in [-0.1, -0.05) is 24.3 Å². The van der Waals surface area contributed by atoms with E-state index in [0.29, 0.717) is 0 Å². The maximum Gasteiger partial charge on any atom is 0.0943 e. The van der Waals surface area contributed by atoms with Gasteiger partial charge in [0.05, 0.1) is 6.10 Å². The number of allylic oxidation sites excluding steroid dienone is 2. The molecule has 0 atom stereocenters. The summed E-state index contributed by atoms with van der Waals surface area (Å²) in [7, 11) is 0. The van der Waals surface area contributed by atoms with Crippen LogP contribution in [0.25, 0.3) is 0 Å². The molecule has 0 N–H and O–H groups in total. The van der Waals surface area contributed by atoms with Crippen LogP contribution in [0.1, 0.15) is 6.92 Å². The summed E-state index contributed by atoms with van der Waals surface area (Å²) < 4.78 is 5.23. The van der Waals surface area contributed by atoms with E-state index >= 15 is 0 Å². The zero-order chi connectivity index (χ0) is 5.82. The number of hydrogen-bond acceptors (Lipinski definition) is 1. The highest BCUT2D eigenvalue weighted by Crippen LogP contribution is 2.02. The second kappa shape index (κ2) is 2.68. The molecule has 1 aliphatic carbocycles. The Morgan fingerprint density at radius 1 is 1.38 bits per heavy atom. The van der Waals surface area contributed by atoms with Crippen LogP contribution in [0.2, 0.25) is 0 Å². The standard InChI is InChI=1S/C7H10O/c1-2-8-7-5-3-4-6-7/h3-7H,2H2,1H3. The predicted molar refractivity (Wildman–Crippen MR) is 33.7 cm³/mol. The fourth-order valence-corrected chi connectivity index (χ4v) is 0.715. The first-order valence-electron chi connectivity index (χ1n) is 2.90. The molecule has 0 fully saturated rings. The summed E-state index contributed by atoms with van der Waals surface area (Å²) in [6.45, 7) is 2.79. The number of rotatable bonds is 2. The molecule has 0 saturated carbocycles. The van der Waals surface area contributed by atoms with Crippen molar-refractivity contribution in [3.63, 3.8) is 0 Å². The van der Waals surface area contributed by atoms with E-state index in [1.807, 2.05) is 31.2 Å². The van der Waals surface area contributed by atoms with Crippen molar-refractivity contribution < 1.29 is 4.74 Å². The van der Waals surface area contributed by atoms with Crippen LogP contribution in [-0.4, -0.2) is 12.7 Å². The van der Waals surface area contributed by atoms with Crippen molar-refractivity contribution in [2.75, 3.05) is 6.61 Å². The van der Waals surface area contributed by atoms with Gasteiger partial charge in [-0.25, -0.2) is 0 Å². The summed E-state index contributed by atoms with van der Waals surface area (Å²) in [6.07, 6.45) is 8.31. The molecule has 0 saturated heterocycles. The van der Waals surface area contributed by atoms with E-state index in [9.17, 15) is 0 Å². The predicted octanol–water partition coefficient (Wildman–Crippen LogP) is 1.52. The van der Waals surface area contributed by atoms with Crippen molar-refractivity contribution >= 4 is 0 Å². The zero-order valence-electron chi connectivity index (χ0n) is 5.00. The summed E-state index contributed by atoms with van der Waals surface area (Å²) >= 11 is 0. The second-order valence-corrected chi connectivity index (χ2v) is 1.69. The number of ether oxygens (including phenoxy) is 1. The third-order valence-corrected chi connectivity index (χ3v) is 1.07. The summed E-state index contributed by atoms with van der Waals surface area (Å²) in [4.78, 5) is 0. The molecule has 44 valence electrons. The van der Waals surface area contributed by atoms with Crippen molar-refractivity contribution in [2.45, 2.75) is 13.0 Å². The Bertz CT molecular complexity index is 102. The lowest BCUT2D eigenvalue weighted by Crippen LogP contribution is -2.02. The first-order valence-corrected chi connectivity index (χ1v) is 2.90. The molecular formula is C7H10O. The third kappa shape index (κ3) is 1.20. The molecule has 0 heterocycles. The van der Waals surface area contributed by atoms with E-state index < -0.39 is 0 Å². The summed E-state index contributed by atoms with van der Waals surface area (Å²) in [6, 6.07) is 0. The van der Waals surface area contributed by atoms with Gasteiger partial charge in [0.25, 0.3) is 0 Å². The third-order valence-electron chi connectivity index (χ3n) is 1.07. The molecule has 0 aromatic heterocycles. The molecule has 1 aliphatic rings. The smallest absolute Gasteiger partial charge is 0.0943 e. The van der Waals surface area contributed by atoms with E-state index in [2.05, 4.69) is 0 Å². The van der Waals surface area contributed by atoms with Gasteiger partial charge in [-0.15, -0.1) is 0 Å².